The molecule has 136 valence electrons. The van der Waals surface area contributed by atoms with Crippen molar-refractivity contribution in [3.63, 3.8) is 0 Å². The first-order valence-electron chi connectivity index (χ1n) is 8.98. The number of nitrogens with one attached hydrogen (secondary N) is 1. The van der Waals surface area contributed by atoms with Gasteiger partial charge in [0.2, 0.25) is 5.91 Å². The molecular weight excluding hydrogens is 328 g/mol. The third-order valence-corrected chi connectivity index (χ3v) is 4.61. The Morgan fingerprint density at radius 2 is 1.77 bits per heavy atom. The van der Waals surface area contributed by atoms with Gasteiger partial charge in [-0.15, -0.1) is 0 Å². The Morgan fingerprint density at radius 3 is 2.46 bits per heavy atom. The fourth-order valence-electron chi connectivity index (χ4n) is 3.10. The Morgan fingerprint density at radius 1 is 1.04 bits per heavy atom. The van der Waals surface area contributed by atoms with Gasteiger partial charge in [-0.05, 0) is 55.2 Å². The number of carbonyl (C=O) groups excluding carboxylic acids is 2. The van der Waals surface area contributed by atoms with Gasteiger partial charge in [0.05, 0.1) is 13.5 Å². The second-order valence-electron chi connectivity index (χ2n) is 6.50. The number of amides is 2. The van der Waals surface area contributed by atoms with Crippen LogP contribution in [0, 0.1) is 0 Å². The largest absolute Gasteiger partial charge is 0.497 e. The van der Waals surface area contributed by atoms with Crippen LogP contribution in [0.15, 0.2) is 48.5 Å². The summed E-state index contributed by atoms with van der Waals surface area (Å²) in [6.45, 7) is 1.74. The van der Waals surface area contributed by atoms with E-state index in [9.17, 15) is 9.59 Å². The van der Waals surface area contributed by atoms with Gasteiger partial charge in [0.1, 0.15) is 5.75 Å². The van der Waals surface area contributed by atoms with Crippen molar-refractivity contribution in [2.75, 3.05) is 25.5 Å². The van der Waals surface area contributed by atoms with Gasteiger partial charge in [-0.25, -0.2) is 0 Å². The minimum atomic E-state index is -0.193. The number of hydrogen-bond acceptors (Lipinski definition) is 3. The summed E-state index contributed by atoms with van der Waals surface area (Å²) in [6, 6.07) is 14.5. The Kier molecular flexibility index (Phi) is 5.89. The minimum Gasteiger partial charge on any atom is -0.497 e. The molecule has 0 saturated carbocycles. The number of hydrogen-bond donors (Lipinski definition) is 1. The maximum Gasteiger partial charge on any atom is 0.255 e. The lowest BCUT2D eigenvalue weighted by molar-refractivity contribution is -0.131. The molecule has 26 heavy (non-hydrogen) atoms. The van der Waals surface area contributed by atoms with Crippen molar-refractivity contribution in [3.05, 3.63) is 59.7 Å². The highest BCUT2D eigenvalue weighted by atomic mass is 16.5. The molecule has 1 heterocycles. The summed E-state index contributed by atoms with van der Waals surface area (Å²) >= 11 is 0. The summed E-state index contributed by atoms with van der Waals surface area (Å²) in [7, 11) is 1.57. The molecule has 3 rings (SSSR count). The smallest absolute Gasteiger partial charge is 0.255 e. The van der Waals surface area contributed by atoms with Gasteiger partial charge in [-0.2, -0.15) is 0 Å². The summed E-state index contributed by atoms with van der Waals surface area (Å²) in [5.41, 5.74) is 2.20. The van der Waals surface area contributed by atoms with Crippen molar-refractivity contribution in [2.45, 2.75) is 25.7 Å². The lowest BCUT2D eigenvalue weighted by atomic mass is 10.1. The normalized spacial score (nSPS) is 14.0. The first kappa shape index (κ1) is 18.0. The number of rotatable bonds is 5. The number of nitrogens with zero attached hydrogens (tertiary/aromatic N) is 1. The van der Waals surface area contributed by atoms with Gasteiger partial charge in [0, 0.05) is 24.3 Å². The fraction of sp³-hybridized carbons (Fsp3) is 0.333. The SMILES string of the molecule is COc1cccc(C(=O)Nc2ccc(CC(=O)N3CCCCC3)cc2)c1. The van der Waals surface area contributed by atoms with E-state index in [-0.39, 0.29) is 11.8 Å². The highest BCUT2D eigenvalue weighted by Crippen LogP contribution is 2.16. The zero-order valence-electron chi connectivity index (χ0n) is 15.0. The third kappa shape index (κ3) is 4.63. The van der Waals surface area contributed by atoms with Crippen LogP contribution in [0.25, 0.3) is 0 Å². The highest BCUT2D eigenvalue weighted by Gasteiger charge is 2.16. The minimum absolute atomic E-state index is 0.179. The van der Waals surface area contributed by atoms with Crippen molar-refractivity contribution in [2.24, 2.45) is 0 Å². The number of carbonyl (C=O) groups is 2. The quantitative estimate of drug-likeness (QED) is 0.896. The monoisotopic (exact) mass is 352 g/mol. The molecule has 2 amide bonds. The molecule has 1 fully saturated rings. The summed E-state index contributed by atoms with van der Waals surface area (Å²) in [4.78, 5) is 26.6. The highest BCUT2D eigenvalue weighted by molar-refractivity contribution is 6.04. The summed E-state index contributed by atoms with van der Waals surface area (Å²) in [5, 5.41) is 2.86. The third-order valence-electron chi connectivity index (χ3n) is 4.61. The van der Waals surface area contributed by atoms with Crippen LogP contribution in [-0.4, -0.2) is 36.9 Å². The van der Waals surface area contributed by atoms with Crippen LogP contribution in [-0.2, 0) is 11.2 Å². The second kappa shape index (κ2) is 8.52. The molecule has 0 spiro atoms. The number of benzene rings is 2. The topological polar surface area (TPSA) is 58.6 Å². The molecule has 5 heteroatoms. The Balaban J connectivity index is 1.58. The van der Waals surface area contributed by atoms with E-state index >= 15 is 0 Å². The Bertz CT molecular complexity index is 765. The van der Waals surface area contributed by atoms with Crippen LogP contribution in [0.4, 0.5) is 5.69 Å². The van der Waals surface area contributed by atoms with Crippen molar-refractivity contribution < 1.29 is 14.3 Å². The predicted octanol–water partition coefficient (Wildman–Crippen LogP) is 3.50. The molecule has 0 radical (unpaired) electrons. The number of ether oxygens (including phenoxy) is 1. The van der Waals surface area contributed by atoms with Crippen LogP contribution >= 0.6 is 0 Å². The number of piperidine rings is 1. The van der Waals surface area contributed by atoms with E-state index in [2.05, 4.69) is 5.32 Å². The van der Waals surface area contributed by atoms with Crippen molar-refractivity contribution in [1.29, 1.82) is 0 Å². The van der Waals surface area contributed by atoms with Crippen molar-refractivity contribution >= 4 is 17.5 Å². The number of methoxy groups -OCH3 is 1. The maximum absolute atomic E-state index is 12.3. The van der Waals surface area contributed by atoms with Gasteiger partial charge in [-0.1, -0.05) is 18.2 Å². The van der Waals surface area contributed by atoms with Gasteiger partial charge in [0.25, 0.3) is 5.91 Å². The van der Waals surface area contributed by atoms with Crippen LogP contribution in [0.5, 0.6) is 5.75 Å². The van der Waals surface area contributed by atoms with Crippen LogP contribution in [0.3, 0.4) is 0 Å². The molecule has 1 saturated heterocycles. The number of likely N-dealkylation sites (tertiary alicyclic amines) is 1. The van der Waals surface area contributed by atoms with Gasteiger partial charge in [0.15, 0.2) is 0 Å². The van der Waals surface area contributed by atoms with Gasteiger partial charge >= 0.3 is 0 Å². The molecule has 5 nitrogen and oxygen atoms in total. The van der Waals surface area contributed by atoms with Crippen LogP contribution < -0.4 is 10.1 Å². The predicted molar refractivity (Wildman–Crippen MR) is 102 cm³/mol. The van der Waals surface area contributed by atoms with Crippen LogP contribution in [0.2, 0.25) is 0 Å². The van der Waals surface area contributed by atoms with Crippen molar-refractivity contribution in [1.82, 2.24) is 4.90 Å². The molecule has 0 atom stereocenters. The molecular formula is C21H24N2O3. The van der Waals surface area contributed by atoms with E-state index in [4.69, 9.17) is 4.74 Å². The molecule has 1 aliphatic heterocycles. The molecule has 1 N–H and O–H groups in total. The van der Waals surface area contributed by atoms with Gasteiger partial charge < -0.3 is 15.0 Å². The van der Waals surface area contributed by atoms with E-state index in [0.717, 1.165) is 31.5 Å². The molecule has 2 aromatic rings. The van der Waals surface area contributed by atoms with E-state index in [1.807, 2.05) is 29.2 Å². The lowest BCUT2D eigenvalue weighted by Gasteiger charge is -2.26. The average Bonchev–Trinajstić information content (AvgIpc) is 2.70. The standard InChI is InChI=1S/C21H24N2O3/c1-26-19-7-5-6-17(15-19)21(25)22-18-10-8-16(9-11-18)14-20(24)23-12-3-2-4-13-23/h5-11,15H,2-4,12-14H2,1H3,(H,22,25). The maximum atomic E-state index is 12.3. The molecule has 0 aromatic heterocycles. The molecule has 0 aliphatic carbocycles. The summed E-state index contributed by atoms with van der Waals surface area (Å²) in [5.74, 6) is 0.628. The molecule has 0 unspecified atom stereocenters. The van der Waals surface area contributed by atoms with E-state index in [1.165, 1.54) is 6.42 Å². The van der Waals surface area contributed by atoms with Crippen LogP contribution in [0.1, 0.15) is 35.2 Å². The first-order chi connectivity index (χ1) is 12.7. The molecule has 1 aliphatic rings. The summed E-state index contributed by atoms with van der Waals surface area (Å²) in [6.07, 6.45) is 3.82. The van der Waals surface area contributed by atoms with E-state index < -0.39 is 0 Å². The fourth-order valence-corrected chi connectivity index (χ4v) is 3.10. The number of anilines is 1. The average molecular weight is 352 g/mol. The van der Waals surface area contributed by atoms with E-state index in [1.54, 1.807) is 31.4 Å². The summed E-state index contributed by atoms with van der Waals surface area (Å²) < 4.78 is 5.14. The van der Waals surface area contributed by atoms with Crippen molar-refractivity contribution in [3.8, 4) is 5.75 Å². The molecule has 2 aromatic carbocycles. The zero-order valence-corrected chi connectivity index (χ0v) is 15.0. The Labute approximate surface area is 154 Å². The zero-order chi connectivity index (χ0) is 18.4. The second-order valence-corrected chi connectivity index (χ2v) is 6.50. The van der Waals surface area contributed by atoms with E-state index in [0.29, 0.717) is 23.4 Å². The lowest BCUT2D eigenvalue weighted by Crippen LogP contribution is -2.36. The molecule has 0 bridgehead atoms. The Hall–Kier alpha value is -2.82. The van der Waals surface area contributed by atoms with Gasteiger partial charge in [-0.3, -0.25) is 9.59 Å². The first-order valence-corrected chi connectivity index (χ1v) is 8.98.